The lowest BCUT2D eigenvalue weighted by molar-refractivity contribution is 0.551. The summed E-state index contributed by atoms with van der Waals surface area (Å²) in [6, 6.07) is 24.7. The summed E-state index contributed by atoms with van der Waals surface area (Å²) in [4.78, 5) is 22.7. The number of hydrogen-bond donors (Lipinski definition) is 0. The van der Waals surface area contributed by atoms with E-state index >= 15 is 0 Å². The fourth-order valence-electron chi connectivity index (χ4n) is 7.67. The van der Waals surface area contributed by atoms with Gasteiger partial charge in [0.05, 0.1) is 34.2 Å². The molecule has 0 aromatic carbocycles. The number of allylic oxidation sites excluding steroid dienone is 10. The van der Waals surface area contributed by atoms with Crippen LogP contribution in [0.15, 0.2) is 142 Å². The lowest BCUT2D eigenvalue weighted by Gasteiger charge is -2.35. The van der Waals surface area contributed by atoms with Crippen molar-refractivity contribution in [1.82, 2.24) is 19.9 Å². The average molecular weight is 659 g/mol. The van der Waals surface area contributed by atoms with Crippen molar-refractivity contribution in [3.63, 3.8) is 0 Å². The van der Waals surface area contributed by atoms with Crippen LogP contribution in [0.5, 0.6) is 0 Å². The molecule has 4 nitrogen and oxygen atoms in total. The van der Waals surface area contributed by atoms with Crippen LogP contribution in [0.3, 0.4) is 0 Å². The molecule has 4 aromatic heterocycles. The van der Waals surface area contributed by atoms with Gasteiger partial charge in [-0.15, -0.1) is 0 Å². The van der Waals surface area contributed by atoms with E-state index in [-0.39, 0.29) is 11.8 Å². The number of rotatable bonds is 6. The zero-order valence-electron chi connectivity index (χ0n) is 29.4. The Labute approximate surface area is 292 Å². The van der Waals surface area contributed by atoms with E-state index in [1.165, 1.54) is 43.2 Å². The number of hydrogen-bond acceptors (Lipinski definition) is 4. The number of aromatic nitrogens is 4. The van der Waals surface area contributed by atoms with E-state index in [1.54, 1.807) is 0 Å². The maximum Gasteiger partial charge on any atom is 0.0893 e. The lowest BCUT2D eigenvalue weighted by Crippen LogP contribution is -2.20. The predicted octanol–water partition coefficient (Wildman–Crippen LogP) is 10.6. The second kappa shape index (κ2) is 13.1. The van der Waals surface area contributed by atoms with Crippen molar-refractivity contribution in [2.24, 2.45) is 11.8 Å². The smallest absolute Gasteiger partial charge is 0.0893 e. The van der Waals surface area contributed by atoms with E-state index in [1.807, 2.05) is 48.8 Å². The van der Waals surface area contributed by atoms with E-state index in [4.69, 9.17) is 9.97 Å². The molecule has 2 atom stereocenters. The zero-order chi connectivity index (χ0) is 34.3. The first-order chi connectivity index (χ1) is 23.6. The van der Waals surface area contributed by atoms with Crippen LogP contribution in [0, 0.1) is 23.7 Å². The molecule has 7 rings (SSSR count). The summed E-state index contributed by atoms with van der Waals surface area (Å²) in [7, 11) is -1.72. The van der Waals surface area contributed by atoms with E-state index in [2.05, 4.69) is 124 Å². The van der Waals surface area contributed by atoms with Gasteiger partial charge in [-0.25, -0.2) is 9.97 Å². The van der Waals surface area contributed by atoms with Crippen molar-refractivity contribution in [2.75, 3.05) is 12.5 Å². The molecule has 0 bridgehead atoms. The van der Waals surface area contributed by atoms with Crippen LogP contribution < -0.4 is 0 Å². The minimum Gasteiger partial charge on any atom is -0.255 e. The molecule has 1 aliphatic heterocycles. The van der Waals surface area contributed by atoms with Gasteiger partial charge in [-0.1, -0.05) is 78.0 Å². The molecule has 0 spiro atoms. The Morgan fingerprint density at radius 1 is 0.673 bits per heavy atom. The van der Waals surface area contributed by atoms with Gasteiger partial charge in [-0.2, -0.15) is 10.0 Å². The molecule has 2 aliphatic carbocycles. The average Bonchev–Trinajstić information content (AvgIpc) is 3.19. The van der Waals surface area contributed by atoms with E-state index in [0.29, 0.717) is 0 Å². The van der Waals surface area contributed by atoms with Crippen LogP contribution >= 0.6 is 10.0 Å². The maximum atomic E-state index is 5.40. The van der Waals surface area contributed by atoms with Crippen LogP contribution in [0.1, 0.15) is 52.4 Å². The first-order valence-corrected chi connectivity index (χ1v) is 19.3. The highest BCUT2D eigenvalue weighted by molar-refractivity contribution is 8.47. The fourth-order valence-corrected chi connectivity index (χ4v) is 10.7. The van der Waals surface area contributed by atoms with Crippen LogP contribution in [-0.2, 0) is 0 Å². The second-order valence-electron chi connectivity index (χ2n) is 13.7. The van der Waals surface area contributed by atoms with Crippen molar-refractivity contribution in [3.05, 3.63) is 154 Å². The largest absolute Gasteiger partial charge is 0.255 e. The summed E-state index contributed by atoms with van der Waals surface area (Å²) >= 11 is 0. The Kier molecular flexibility index (Phi) is 8.69. The van der Waals surface area contributed by atoms with Gasteiger partial charge in [0.15, 0.2) is 0 Å². The molecule has 0 fully saturated rings. The summed E-state index contributed by atoms with van der Waals surface area (Å²) in [6.07, 6.45) is 16.3. The summed E-state index contributed by atoms with van der Waals surface area (Å²) < 4.78 is 0. The van der Waals surface area contributed by atoms with Crippen LogP contribution in [0.4, 0.5) is 0 Å². The Bertz CT molecular complexity index is 2220. The molecule has 0 N–H and O–H groups in total. The predicted molar refractivity (Wildman–Crippen MR) is 207 cm³/mol. The molecule has 49 heavy (non-hydrogen) atoms. The minimum atomic E-state index is -1.72. The molecule has 2 unspecified atom stereocenters. The summed E-state index contributed by atoms with van der Waals surface area (Å²) in [5, 5.41) is 0. The highest BCUT2D eigenvalue weighted by Gasteiger charge is 2.45. The van der Waals surface area contributed by atoms with Crippen molar-refractivity contribution in [2.45, 2.75) is 41.0 Å². The van der Waals surface area contributed by atoms with E-state index in [0.717, 1.165) is 46.2 Å². The Morgan fingerprint density at radius 3 is 1.82 bits per heavy atom. The fraction of sp³-hybridized carbons (Fsp3) is 0.227. The molecule has 4 aromatic rings. The number of pyridine rings is 4. The first-order valence-electron chi connectivity index (χ1n) is 16.9. The third-order valence-corrected chi connectivity index (χ3v) is 12.5. The molecule has 244 valence electrons. The quantitative estimate of drug-likeness (QED) is 0.194. The third-order valence-electron chi connectivity index (χ3n) is 9.58. The van der Waals surface area contributed by atoms with Gasteiger partial charge < -0.3 is 0 Å². The lowest BCUT2D eigenvalue weighted by atomic mass is 9.72. The number of nitrogens with zero attached hydrogens (tertiary/aromatic N) is 4. The van der Waals surface area contributed by atoms with Gasteiger partial charge in [0.25, 0.3) is 0 Å². The van der Waals surface area contributed by atoms with Crippen molar-refractivity contribution < 1.29 is 0 Å². The van der Waals surface area contributed by atoms with Crippen LogP contribution in [-0.4, -0.2) is 32.4 Å². The summed E-state index contributed by atoms with van der Waals surface area (Å²) in [5.74, 6) is 7.65. The molecular weight excluding hydrogens is 617 g/mol. The molecule has 0 saturated carbocycles. The van der Waals surface area contributed by atoms with Gasteiger partial charge >= 0.3 is 0 Å². The first kappa shape index (κ1) is 32.5. The third kappa shape index (κ3) is 6.07. The maximum absolute atomic E-state index is 5.40. The van der Waals surface area contributed by atoms with Gasteiger partial charge in [0.1, 0.15) is 0 Å². The molecule has 5 heterocycles. The SMILES string of the molecule is CC1=CC(C)C(C2=C(c3cccc(-c4ccccn4)n3)S(C)(C)C(c3cccc(-c4ccccn4)n3)=C2C2=C(C)C=C(C)CC#C2)C(C)=C1. The van der Waals surface area contributed by atoms with Gasteiger partial charge in [-0.3, -0.25) is 9.97 Å². The molecule has 0 saturated heterocycles. The highest BCUT2D eigenvalue weighted by Crippen LogP contribution is 2.73. The topological polar surface area (TPSA) is 51.6 Å². The van der Waals surface area contributed by atoms with Gasteiger partial charge in [0, 0.05) is 45.7 Å². The molecule has 0 amide bonds. The van der Waals surface area contributed by atoms with E-state index < -0.39 is 10.0 Å². The second-order valence-corrected chi connectivity index (χ2v) is 17.2. The monoisotopic (exact) mass is 658 g/mol. The van der Waals surface area contributed by atoms with Gasteiger partial charge in [0.2, 0.25) is 0 Å². The standard InChI is InChI=1S/C44H42N4S/c1-28-15-12-16-33(30(3)25-28)41-42(40-31(4)26-29(2)27-32(40)5)44(39-22-14-20-37(48-39)35-18-9-11-24-46-35)49(6,7)43(41)38-21-13-19-36(47-38)34-17-8-10-23-45-34/h8-11,13-14,17-27,31,40H,15H2,1-7H3. The van der Waals surface area contributed by atoms with Crippen molar-refractivity contribution in [3.8, 4) is 34.6 Å². The molecule has 5 heteroatoms. The molecule has 3 aliphatic rings. The van der Waals surface area contributed by atoms with Crippen molar-refractivity contribution in [1.29, 1.82) is 0 Å². The van der Waals surface area contributed by atoms with Gasteiger partial charge in [-0.05, 0) is 106 Å². The summed E-state index contributed by atoms with van der Waals surface area (Å²) in [5.41, 5.74) is 14.2. The normalized spacial score (nSPS) is 21.0. The minimum absolute atomic E-state index is 0.146. The van der Waals surface area contributed by atoms with Crippen molar-refractivity contribution >= 4 is 19.8 Å². The van der Waals surface area contributed by atoms with Crippen LogP contribution in [0.25, 0.3) is 32.6 Å². The molecular formula is C44H42N4S. The van der Waals surface area contributed by atoms with E-state index in [9.17, 15) is 0 Å². The molecule has 0 radical (unpaired) electrons. The highest BCUT2D eigenvalue weighted by atomic mass is 32.3. The Hall–Kier alpha value is -5.05. The zero-order valence-corrected chi connectivity index (χ0v) is 30.2. The Morgan fingerprint density at radius 2 is 1.24 bits per heavy atom. The van der Waals surface area contributed by atoms with Crippen LogP contribution in [0.2, 0.25) is 0 Å². The summed E-state index contributed by atoms with van der Waals surface area (Å²) in [6.45, 7) is 11.3. The Balaban J connectivity index is 1.58.